The Balaban J connectivity index is 3.62. The Morgan fingerprint density at radius 3 is 1.89 bits per heavy atom. The van der Waals surface area contributed by atoms with Gasteiger partial charge in [0, 0.05) is 0 Å². The molecular weight excluding hydrogens is 123 g/mol. The molecular formula is C6H13FO2. The monoisotopic (exact) mass is 136 g/mol. The van der Waals surface area contributed by atoms with Gasteiger partial charge in [0.2, 0.25) is 0 Å². The normalized spacial score (nSPS) is 12.0. The summed E-state index contributed by atoms with van der Waals surface area (Å²) in [4.78, 5) is 0. The van der Waals surface area contributed by atoms with Gasteiger partial charge in [-0.15, -0.1) is 0 Å². The van der Waals surface area contributed by atoms with Crippen molar-refractivity contribution in [2.45, 2.75) is 25.4 Å². The summed E-state index contributed by atoms with van der Waals surface area (Å²) < 4.78 is 12.8. The lowest BCUT2D eigenvalue weighted by Crippen LogP contribution is -2.31. The Hall–Kier alpha value is -0.150. The smallest absolute Gasteiger partial charge is 0.156 e. The van der Waals surface area contributed by atoms with Crippen molar-refractivity contribution in [2.24, 2.45) is 0 Å². The molecule has 0 fully saturated rings. The lowest BCUT2D eigenvalue weighted by atomic mass is 10.0. The molecule has 0 aromatic heterocycles. The van der Waals surface area contributed by atoms with Crippen LogP contribution in [0.5, 0.6) is 0 Å². The van der Waals surface area contributed by atoms with E-state index in [0.717, 1.165) is 0 Å². The fourth-order valence-corrected chi connectivity index (χ4v) is 0.656. The minimum absolute atomic E-state index is 0.222. The summed E-state index contributed by atoms with van der Waals surface area (Å²) in [5.41, 5.74) is -1.76. The average Bonchev–Trinajstić information content (AvgIpc) is 1.89. The first kappa shape index (κ1) is 8.85. The molecule has 0 aliphatic carbocycles. The first-order valence-corrected chi connectivity index (χ1v) is 3.09. The van der Waals surface area contributed by atoms with Crippen LogP contribution >= 0.6 is 0 Å². The van der Waals surface area contributed by atoms with Gasteiger partial charge in [0.1, 0.15) is 0 Å². The van der Waals surface area contributed by atoms with E-state index < -0.39 is 18.9 Å². The van der Waals surface area contributed by atoms with E-state index in [1.165, 1.54) is 0 Å². The largest absolute Gasteiger partial charge is 0.393 e. The van der Waals surface area contributed by atoms with Crippen molar-refractivity contribution in [3.8, 4) is 0 Å². The third kappa shape index (κ3) is 2.77. The summed E-state index contributed by atoms with van der Waals surface area (Å²) >= 11 is 0. The molecule has 0 rings (SSSR count). The maximum atomic E-state index is 12.8. The van der Waals surface area contributed by atoms with E-state index in [0.29, 0.717) is 6.42 Å². The minimum atomic E-state index is -1.76. The Morgan fingerprint density at radius 1 is 1.33 bits per heavy atom. The first-order chi connectivity index (χ1) is 4.18. The highest BCUT2D eigenvalue weighted by Crippen LogP contribution is 2.15. The van der Waals surface area contributed by atoms with Gasteiger partial charge in [0.15, 0.2) is 5.67 Å². The maximum absolute atomic E-state index is 12.8. The van der Waals surface area contributed by atoms with Crippen LogP contribution in [0.3, 0.4) is 0 Å². The molecule has 0 aromatic carbocycles. The van der Waals surface area contributed by atoms with Gasteiger partial charge in [-0.25, -0.2) is 4.39 Å². The number of aliphatic hydroxyl groups is 2. The Morgan fingerprint density at radius 2 is 1.78 bits per heavy atom. The molecule has 0 saturated heterocycles. The number of alkyl halides is 1. The second-order valence-electron chi connectivity index (χ2n) is 2.22. The van der Waals surface area contributed by atoms with Crippen molar-refractivity contribution >= 4 is 0 Å². The molecule has 56 valence electrons. The molecule has 0 aromatic rings. The van der Waals surface area contributed by atoms with Gasteiger partial charge < -0.3 is 10.2 Å². The van der Waals surface area contributed by atoms with Crippen LogP contribution in [0.2, 0.25) is 0 Å². The van der Waals surface area contributed by atoms with Gasteiger partial charge in [-0.2, -0.15) is 0 Å². The zero-order valence-corrected chi connectivity index (χ0v) is 5.60. The molecule has 2 N–H and O–H groups in total. The van der Waals surface area contributed by atoms with E-state index >= 15 is 0 Å². The van der Waals surface area contributed by atoms with Crippen molar-refractivity contribution in [2.75, 3.05) is 13.2 Å². The molecule has 0 unspecified atom stereocenters. The van der Waals surface area contributed by atoms with E-state index in [4.69, 9.17) is 10.2 Å². The number of hydrogen-bond donors (Lipinski definition) is 2. The number of halogens is 1. The summed E-state index contributed by atoms with van der Waals surface area (Å²) in [7, 11) is 0. The first-order valence-electron chi connectivity index (χ1n) is 3.09. The molecule has 0 amide bonds. The van der Waals surface area contributed by atoms with E-state index in [2.05, 4.69) is 0 Å². The van der Waals surface area contributed by atoms with Crippen LogP contribution in [0.25, 0.3) is 0 Å². The second-order valence-corrected chi connectivity index (χ2v) is 2.22. The molecule has 9 heavy (non-hydrogen) atoms. The quantitative estimate of drug-likeness (QED) is 0.590. The molecule has 0 spiro atoms. The van der Waals surface area contributed by atoms with Gasteiger partial charge in [-0.05, 0) is 6.42 Å². The summed E-state index contributed by atoms with van der Waals surface area (Å²) in [6, 6.07) is 0. The minimum Gasteiger partial charge on any atom is -0.393 e. The Kier molecular flexibility index (Phi) is 3.73. The van der Waals surface area contributed by atoms with Gasteiger partial charge in [-0.3, -0.25) is 0 Å². The Bertz CT molecular complexity index is 71.5. The number of aliphatic hydroxyl groups excluding tert-OH is 2. The van der Waals surface area contributed by atoms with Crippen LogP contribution in [-0.4, -0.2) is 29.1 Å². The summed E-state index contributed by atoms with van der Waals surface area (Å²) in [5, 5.41) is 16.8. The van der Waals surface area contributed by atoms with Crippen LogP contribution in [-0.2, 0) is 0 Å². The van der Waals surface area contributed by atoms with Gasteiger partial charge in [0.05, 0.1) is 13.2 Å². The molecule has 3 heteroatoms. The van der Waals surface area contributed by atoms with Crippen molar-refractivity contribution < 1.29 is 14.6 Å². The number of hydrogen-bond acceptors (Lipinski definition) is 2. The predicted molar refractivity (Wildman–Crippen MR) is 32.9 cm³/mol. The fourth-order valence-electron chi connectivity index (χ4n) is 0.656. The van der Waals surface area contributed by atoms with Crippen molar-refractivity contribution in [3.05, 3.63) is 0 Å². The fraction of sp³-hybridized carbons (Fsp3) is 1.00. The average molecular weight is 136 g/mol. The summed E-state index contributed by atoms with van der Waals surface area (Å²) in [6.45, 7) is 0.633. The summed E-state index contributed by atoms with van der Waals surface area (Å²) in [5.74, 6) is 0. The SMILES string of the molecule is CCCC(F)(CO)CO. The van der Waals surface area contributed by atoms with Crippen LogP contribution in [0.4, 0.5) is 4.39 Å². The van der Waals surface area contributed by atoms with E-state index in [-0.39, 0.29) is 6.42 Å². The van der Waals surface area contributed by atoms with Crippen LogP contribution in [0, 0.1) is 0 Å². The van der Waals surface area contributed by atoms with Crippen LogP contribution in [0.1, 0.15) is 19.8 Å². The molecule has 0 aliphatic rings. The molecule has 0 atom stereocenters. The highest BCUT2D eigenvalue weighted by molar-refractivity contribution is 4.75. The third-order valence-corrected chi connectivity index (χ3v) is 1.26. The lowest BCUT2D eigenvalue weighted by molar-refractivity contribution is 0.00923. The van der Waals surface area contributed by atoms with Gasteiger partial charge >= 0.3 is 0 Å². The third-order valence-electron chi connectivity index (χ3n) is 1.26. The molecule has 0 radical (unpaired) electrons. The van der Waals surface area contributed by atoms with E-state index in [1.54, 1.807) is 6.92 Å². The van der Waals surface area contributed by atoms with Gasteiger partial charge in [0.25, 0.3) is 0 Å². The van der Waals surface area contributed by atoms with Gasteiger partial charge in [-0.1, -0.05) is 13.3 Å². The summed E-state index contributed by atoms with van der Waals surface area (Å²) in [6.07, 6.45) is 0.859. The van der Waals surface area contributed by atoms with E-state index in [1.807, 2.05) is 0 Å². The van der Waals surface area contributed by atoms with Crippen LogP contribution < -0.4 is 0 Å². The highest BCUT2D eigenvalue weighted by atomic mass is 19.1. The Labute approximate surface area is 54.3 Å². The molecule has 0 saturated carbocycles. The van der Waals surface area contributed by atoms with Crippen molar-refractivity contribution in [1.82, 2.24) is 0 Å². The van der Waals surface area contributed by atoms with Crippen molar-refractivity contribution in [3.63, 3.8) is 0 Å². The molecule has 2 nitrogen and oxygen atoms in total. The topological polar surface area (TPSA) is 40.5 Å². The molecule has 0 bridgehead atoms. The highest BCUT2D eigenvalue weighted by Gasteiger charge is 2.25. The zero-order chi connectivity index (χ0) is 7.33. The second kappa shape index (κ2) is 3.80. The molecule has 0 aliphatic heterocycles. The number of rotatable bonds is 4. The van der Waals surface area contributed by atoms with E-state index in [9.17, 15) is 4.39 Å². The standard InChI is InChI=1S/C6H13FO2/c1-2-3-6(7,4-8)5-9/h8-9H,2-5H2,1H3. The van der Waals surface area contributed by atoms with Crippen molar-refractivity contribution in [1.29, 1.82) is 0 Å². The maximum Gasteiger partial charge on any atom is 0.156 e. The zero-order valence-electron chi connectivity index (χ0n) is 5.60. The predicted octanol–water partition coefficient (Wildman–Crippen LogP) is 0.479. The molecule has 0 heterocycles. The lowest BCUT2D eigenvalue weighted by Gasteiger charge is -2.18. The van der Waals surface area contributed by atoms with Crippen LogP contribution in [0.15, 0.2) is 0 Å².